The van der Waals surface area contributed by atoms with Gasteiger partial charge in [0, 0.05) is 0 Å². The van der Waals surface area contributed by atoms with Crippen molar-refractivity contribution in [3.8, 4) is 0 Å². The zero-order valence-electron chi connectivity index (χ0n) is 5.78. The fourth-order valence-electron chi connectivity index (χ4n) is 0.935. The van der Waals surface area contributed by atoms with Gasteiger partial charge in [-0.2, -0.15) is 13.2 Å². The molecule has 0 N–H and O–H groups in total. The number of rotatable bonds is 1. The van der Waals surface area contributed by atoms with E-state index < -0.39 is 12.2 Å². The zero-order chi connectivity index (χ0) is 7.78. The molecule has 4 heteroatoms. The van der Waals surface area contributed by atoms with Gasteiger partial charge in [-0.1, -0.05) is 0 Å². The minimum atomic E-state index is -4.04. The Morgan fingerprint density at radius 3 is 1.90 bits per heavy atom. The van der Waals surface area contributed by atoms with Crippen LogP contribution in [0.4, 0.5) is 13.2 Å². The van der Waals surface area contributed by atoms with Gasteiger partial charge in [0.25, 0.3) is 0 Å². The average Bonchev–Trinajstić information content (AvgIpc) is 1.57. The second-order valence-corrected chi connectivity index (χ2v) is 2.61. The molecular formula is C6H10F3N. The van der Waals surface area contributed by atoms with E-state index >= 15 is 0 Å². The molecule has 1 rings (SSSR count). The molecule has 1 heterocycles. The summed E-state index contributed by atoms with van der Waals surface area (Å²) in [7, 11) is 0. The standard InChI is InChI=1S/C6H10F3N/c1-5(6(7,8)9)10-3-2-4-10/h5H,2-4H2,1H3. The highest BCUT2D eigenvalue weighted by Gasteiger charge is 2.41. The number of halogens is 3. The summed E-state index contributed by atoms with van der Waals surface area (Å²) in [5, 5.41) is 0. The van der Waals surface area contributed by atoms with E-state index in [2.05, 4.69) is 0 Å². The Balaban J connectivity index is 2.39. The molecule has 0 radical (unpaired) electrons. The number of likely N-dealkylation sites (tertiary alicyclic amines) is 1. The van der Waals surface area contributed by atoms with Gasteiger partial charge in [0.2, 0.25) is 0 Å². The fraction of sp³-hybridized carbons (Fsp3) is 1.00. The lowest BCUT2D eigenvalue weighted by molar-refractivity contribution is -0.187. The summed E-state index contributed by atoms with van der Waals surface area (Å²) in [5.74, 6) is 0. The van der Waals surface area contributed by atoms with Gasteiger partial charge >= 0.3 is 6.18 Å². The molecule has 1 aliphatic heterocycles. The van der Waals surface area contributed by atoms with Crippen LogP contribution in [-0.4, -0.2) is 30.2 Å². The molecule has 0 aromatic rings. The monoisotopic (exact) mass is 153 g/mol. The van der Waals surface area contributed by atoms with Crippen molar-refractivity contribution in [1.82, 2.24) is 4.90 Å². The summed E-state index contributed by atoms with van der Waals surface area (Å²) >= 11 is 0. The summed E-state index contributed by atoms with van der Waals surface area (Å²) in [5.41, 5.74) is 0. The lowest BCUT2D eigenvalue weighted by Crippen LogP contribution is -2.50. The molecule has 0 aliphatic carbocycles. The molecule has 1 fully saturated rings. The highest BCUT2D eigenvalue weighted by atomic mass is 19.4. The molecule has 0 amide bonds. The van der Waals surface area contributed by atoms with E-state index in [9.17, 15) is 13.2 Å². The maximum Gasteiger partial charge on any atom is 0.403 e. The van der Waals surface area contributed by atoms with Gasteiger partial charge < -0.3 is 0 Å². The molecular weight excluding hydrogens is 143 g/mol. The van der Waals surface area contributed by atoms with Crippen molar-refractivity contribution in [3.05, 3.63) is 0 Å². The lowest BCUT2D eigenvalue weighted by atomic mass is 10.1. The highest BCUT2D eigenvalue weighted by Crippen LogP contribution is 2.27. The first-order chi connectivity index (χ1) is 4.52. The molecule has 1 aliphatic rings. The van der Waals surface area contributed by atoms with E-state index in [0.29, 0.717) is 13.1 Å². The number of hydrogen-bond acceptors (Lipinski definition) is 1. The van der Waals surface area contributed by atoms with Crippen molar-refractivity contribution >= 4 is 0 Å². The van der Waals surface area contributed by atoms with E-state index in [1.807, 2.05) is 0 Å². The molecule has 0 saturated carbocycles. The van der Waals surface area contributed by atoms with Crippen LogP contribution in [0.15, 0.2) is 0 Å². The van der Waals surface area contributed by atoms with Crippen molar-refractivity contribution in [2.45, 2.75) is 25.6 Å². The highest BCUT2D eigenvalue weighted by molar-refractivity contribution is 4.79. The van der Waals surface area contributed by atoms with Crippen LogP contribution in [0.1, 0.15) is 13.3 Å². The van der Waals surface area contributed by atoms with Gasteiger partial charge in [-0.15, -0.1) is 0 Å². The van der Waals surface area contributed by atoms with E-state index in [0.717, 1.165) is 6.42 Å². The van der Waals surface area contributed by atoms with Gasteiger partial charge in [0.15, 0.2) is 0 Å². The van der Waals surface area contributed by atoms with E-state index in [1.165, 1.54) is 11.8 Å². The van der Waals surface area contributed by atoms with Crippen LogP contribution >= 0.6 is 0 Å². The summed E-state index contributed by atoms with van der Waals surface area (Å²) in [6.07, 6.45) is -3.14. The predicted molar refractivity (Wildman–Crippen MR) is 31.7 cm³/mol. The predicted octanol–water partition coefficient (Wildman–Crippen LogP) is 1.64. The van der Waals surface area contributed by atoms with Gasteiger partial charge in [-0.3, -0.25) is 4.90 Å². The normalized spacial score (nSPS) is 24.0. The Bertz CT molecular complexity index is 117. The van der Waals surface area contributed by atoms with Crippen LogP contribution in [0.3, 0.4) is 0 Å². The van der Waals surface area contributed by atoms with Crippen LogP contribution in [0, 0.1) is 0 Å². The SMILES string of the molecule is CC(N1CCC1)C(F)(F)F. The number of hydrogen-bond donors (Lipinski definition) is 0. The largest absolute Gasteiger partial charge is 0.403 e. The first-order valence-corrected chi connectivity index (χ1v) is 3.32. The van der Waals surface area contributed by atoms with Crippen LogP contribution in [0.2, 0.25) is 0 Å². The van der Waals surface area contributed by atoms with E-state index in [4.69, 9.17) is 0 Å². The van der Waals surface area contributed by atoms with Crippen molar-refractivity contribution in [2.24, 2.45) is 0 Å². The molecule has 0 bridgehead atoms. The van der Waals surface area contributed by atoms with E-state index in [1.54, 1.807) is 0 Å². The van der Waals surface area contributed by atoms with Gasteiger partial charge in [0.1, 0.15) is 6.04 Å². The number of alkyl halides is 3. The van der Waals surface area contributed by atoms with Crippen LogP contribution in [-0.2, 0) is 0 Å². The Labute approximate surface area is 57.8 Å². The van der Waals surface area contributed by atoms with Crippen LogP contribution in [0.5, 0.6) is 0 Å². The second kappa shape index (κ2) is 2.42. The summed E-state index contributed by atoms with van der Waals surface area (Å²) in [4.78, 5) is 1.43. The molecule has 0 spiro atoms. The Morgan fingerprint density at radius 2 is 1.80 bits per heavy atom. The summed E-state index contributed by atoms with van der Waals surface area (Å²) in [6, 6.07) is -1.25. The number of nitrogens with zero attached hydrogens (tertiary/aromatic N) is 1. The second-order valence-electron chi connectivity index (χ2n) is 2.61. The molecule has 60 valence electrons. The van der Waals surface area contributed by atoms with Gasteiger partial charge in [-0.05, 0) is 26.4 Å². The van der Waals surface area contributed by atoms with Crippen LogP contribution < -0.4 is 0 Å². The van der Waals surface area contributed by atoms with E-state index in [-0.39, 0.29) is 0 Å². The summed E-state index contributed by atoms with van der Waals surface area (Å²) in [6.45, 7) is 2.40. The molecule has 1 nitrogen and oxygen atoms in total. The molecule has 1 unspecified atom stereocenters. The minimum Gasteiger partial charge on any atom is -0.292 e. The third kappa shape index (κ3) is 1.42. The third-order valence-corrected chi connectivity index (χ3v) is 1.91. The summed E-state index contributed by atoms with van der Waals surface area (Å²) < 4.78 is 35.6. The third-order valence-electron chi connectivity index (χ3n) is 1.91. The van der Waals surface area contributed by atoms with Crippen LogP contribution in [0.25, 0.3) is 0 Å². The maximum absolute atomic E-state index is 11.9. The Hall–Kier alpha value is -0.250. The quantitative estimate of drug-likeness (QED) is 0.553. The van der Waals surface area contributed by atoms with Crippen molar-refractivity contribution < 1.29 is 13.2 Å². The average molecular weight is 153 g/mol. The first-order valence-electron chi connectivity index (χ1n) is 3.32. The topological polar surface area (TPSA) is 3.24 Å². The fourth-order valence-corrected chi connectivity index (χ4v) is 0.935. The molecule has 1 atom stereocenters. The zero-order valence-corrected chi connectivity index (χ0v) is 5.78. The molecule has 10 heavy (non-hydrogen) atoms. The van der Waals surface area contributed by atoms with Crippen molar-refractivity contribution in [1.29, 1.82) is 0 Å². The Morgan fingerprint density at radius 1 is 1.30 bits per heavy atom. The first kappa shape index (κ1) is 7.85. The Kier molecular flexibility index (Phi) is 1.90. The smallest absolute Gasteiger partial charge is 0.292 e. The molecule has 0 aromatic heterocycles. The van der Waals surface area contributed by atoms with Crippen molar-refractivity contribution in [2.75, 3.05) is 13.1 Å². The molecule has 1 saturated heterocycles. The lowest BCUT2D eigenvalue weighted by Gasteiger charge is -2.37. The van der Waals surface area contributed by atoms with Crippen molar-refractivity contribution in [3.63, 3.8) is 0 Å². The van der Waals surface area contributed by atoms with Gasteiger partial charge in [0.05, 0.1) is 0 Å². The van der Waals surface area contributed by atoms with Gasteiger partial charge in [-0.25, -0.2) is 0 Å². The molecule has 0 aromatic carbocycles. The minimum absolute atomic E-state index is 0.598. The maximum atomic E-state index is 11.9.